The molecule has 0 spiro atoms. The lowest BCUT2D eigenvalue weighted by atomic mass is 10.1. The Hall–Kier alpha value is -2.12. The third-order valence-electron chi connectivity index (χ3n) is 3.10. The molecule has 0 atom stereocenters. The first-order valence-corrected chi connectivity index (χ1v) is 7.31. The van der Waals surface area contributed by atoms with Crippen molar-refractivity contribution in [3.05, 3.63) is 49.8 Å². The highest BCUT2D eigenvalue weighted by Crippen LogP contribution is 2.33. The number of nitrogens with zero attached hydrogens (tertiary/aromatic N) is 1. The second-order valence-corrected chi connectivity index (χ2v) is 6.12. The molecular formula is C13H10ClN3O3S. The summed E-state index contributed by atoms with van der Waals surface area (Å²) < 4.78 is 0. The lowest BCUT2D eigenvalue weighted by Crippen LogP contribution is -2.03. The van der Waals surface area contributed by atoms with E-state index in [1.807, 2.05) is 6.07 Å². The van der Waals surface area contributed by atoms with Crippen LogP contribution in [0.2, 0.25) is 5.02 Å². The van der Waals surface area contributed by atoms with Gasteiger partial charge in [0.25, 0.3) is 0 Å². The van der Waals surface area contributed by atoms with Crippen LogP contribution in [-0.4, -0.2) is 10.8 Å². The van der Waals surface area contributed by atoms with Crippen LogP contribution in [0.25, 0.3) is 0 Å². The number of carbonyl (C=O) groups is 1. The van der Waals surface area contributed by atoms with Gasteiger partial charge in [-0.25, -0.2) is 0 Å². The molecule has 1 aromatic heterocycles. The predicted molar refractivity (Wildman–Crippen MR) is 82.1 cm³/mol. The third kappa shape index (κ3) is 2.84. The maximum absolute atomic E-state index is 11.3. The van der Waals surface area contributed by atoms with Gasteiger partial charge in [-0.15, -0.1) is 0 Å². The van der Waals surface area contributed by atoms with Gasteiger partial charge in [-0.05, 0) is 23.8 Å². The van der Waals surface area contributed by atoms with E-state index in [0.717, 1.165) is 27.5 Å². The lowest BCUT2D eigenvalue weighted by molar-refractivity contribution is -0.380. The largest absolute Gasteiger partial charge is 0.379 e. The molecule has 1 aromatic carbocycles. The maximum Gasteiger partial charge on any atom is 0.324 e. The number of fused-ring (bicyclic) bond motifs is 1. The molecule has 2 heterocycles. The van der Waals surface area contributed by atoms with Crippen LogP contribution in [0.1, 0.15) is 10.4 Å². The molecule has 108 valence electrons. The molecule has 6 nitrogen and oxygen atoms in total. The zero-order valence-corrected chi connectivity index (χ0v) is 12.3. The highest BCUT2D eigenvalue weighted by molar-refractivity contribution is 7.15. The highest BCUT2D eigenvalue weighted by Gasteiger charge is 2.19. The van der Waals surface area contributed by atoms with Crippen molar-refractivity contribution >= 4 is 45.2 Å². The van der Waals surface area contributed by atoms with Gasteiger partial charge in [0.15, 0.2) is 0 Å². The van der Waals surface area contributed by atoms with E-state index in [1.54, 1.807) is 12.1 Å². The second-order valence-electron chi connectivity index (χ2n) is 4.56. The zero-order valence-electron chi connectivity index (χ0n) is 10.7. The van der Waals surface area contributed by atoms with Gasteiger partial charge < -0.3 is 10.6 Å². The predicted octanol–water partition coefficient (Wildman–Crippen LogP) is 3.42. The number of halogens is 1. The van der Waals surface area contributed by atoms with Gasteiger partial charge in [-0.3, -0.25) is 14.9 Å². The number of carbonyl (C=O) groups excluding carboxylic acids is 1. The monoisotopic (exact) mass is 323 g/mol. The molecule has 3 rings (SSSR count). The molecule has 1 aliphatic rings. The van der Waals surface area contributed by atoms with E-state index in [1.165, 1.54) is 6.07 Å². The number of anilines is 2. The van der Waals surface area contributed by atoms with Crippen LogP contribution in [0.15, 0.2) is 24.3 Å². The number of amides is 1. The Balaban J connectivity index is 1.74. The Morgan fingerprint density at radius 2 is 2.24 bits per heavy atom. The SMILES string of the molecule is O=C1Cc2cc(NCc3ccc([N+](=O)[O-])s3)c(Cl)cc2N1. The molecule has 2 N–H and O–H groups in total. The van der Waals surface area contributed by atoms with Crippen molar-refractivity contribution in [3.8, 4) is 0 Å². The van der Waals surface area contributed by atoms with E-state index < -0.39 is 4.92 Å². The fraction of sp³-hybridized carbons (Fsp3) is 0.154. The molecule has 1 amide bonds. The molecule has 0 fully saturated rings. The third-order valence-corrected chi connectivity index (χ3v) is 4.45. The molecular weight excluding hydrogens is 314 g/mol. The summed E-state index contributed by atoms with van der Waals surface area (Å²) in [6, 6.07) is 6.73. The minimum Gasteiger partial charge on any atom is -0.379 e. The van der Waals surface area contributed by atoms with Crippen LogP contribution >= 0.6 is 22.9 Å². The van der Waals surface area contributed by atoms with Crippen molar-refractivity contribution in [2.24, 2.45) is 0 Å². The molecule has 0 saturated carbocycles. The summed E-state index contributed by atoms with van der Waals surface area (Å²) in [7, 11) is 0. The van der Waals surface area contributed by atoms with Gasteiger partial charge in [0.2, 0.25) is 5.91 Å². The van der Waals surface area contributed by atoms with E-state index in [2.05, 4.69) is 10.6 Å². The molecule has 0 radical (unpaired) electrons. The first-order valence-electron chi connectivity index (χ1n) is 6.12. The van der Waals surface area contributed by atoms with Crippen LogP contribution in [-0.2, 0) is 17.8 Å². The second kappa shape index (κ2) is 5.34. The van der Waals surface area contributed by atoms with Gasteiger partial charge in [0, 0.05) is 23.2 Å². The Morgan fingerprint density at radius 3 is 2.95 bits per heavy atom. The minimum absolute atomic E-state index is 0.0490. The van der Waals surface area contributed by atoms with Gasteiger partial charge in [0.05, 0.1) is 22.1 Å². The van der Waals surface area contributed by atoms with Gasteiger partial charge in [-0.2, -0.15) is 0 Å². The minimum atomic E-state index is -0.409. The van der Waals surface area contributed by atoms with Crippen LogP contribution in [0.5, 0.6) is 0 Å². The van der Waals surface area contributed by atoms with E-state index >= 15 is 0 Å². The molecule has 0 bridgehead atoms. The topological polar surface area (TPSA) is 84.3 Å². The molecule has 0 aliphatic carbocycles. The summed E-state index contributed by atoms with van der Waals surface area (Å²) in [5.74, 6) is -0.0490. The fourth-order valence-corrected chi connectivity index (χ4v) is 3.12. The van der Waals surface area contributed by atoms with Gasteiger partial charge in [-0.1, -0.05) is 22.9 Å². The summed E-state index contributed by atoms with van der Waals surface area (Å²) in [4.78, 5) is 22.4. The van der Waals surface area contributed by atoms with E-state index in [0.29, 0.717) is 23.7 Å². The first kappa shape index (κ1) is 13.8. The number of nitro groups is 1. The lowest BCUT2D eigenvalue weighted by Gasteiger charge is -2.09. The molecule has 8 heteroatoms. The van der Waals surface area contributed by atoms with Crippen molar-refractivity contribution in [1.82, 2.24) is 0 Å². The molecule has 0 unspecified atom stereocenters. The van der Waals surface area contributed by atoms with Crippen LogP contribution in [0.3, 0.4) is 0 Å². The number of rotatable bonds is 4. The van der Waals surface area contributed by atoms with Gasteiger partial charge in [0.1, 0.15) is 0 Å². The van der Waals surface area contributed by atoms with Crippen molar-refractivity contribution in [3.63, 3.8) is 0 Å². The summed E-state index contributed by atoms with van der Waals surface area (Å²) in [5, 5.41) is 17.1. The van der Waals surface area contributed by atoms with E-state index in [9.17, 15) is 14.9 Å². The maximum atomic E-state index is 11.3. The van der Waals surface area contributed by atoms with Crippen molar-refractivity contribution in [2.75, 3.05) is 10.6 Å². The molecule has 1 aliphatic heterocycles. The standard InChI is InChI=1S/C13H10ClN3O3S/c14-9-5-10-7(4-12(18)16-10)3-11(9)15-6-8-1-2-13(21-8)17(19)20/h1-3,5,15H,4,6H2,(H,16,18). The van der Waals surface area contributed by atoms with Crippen LogP contribution in [0, 0.1) is 10.1 Å². The van der Waals surface area contributed by atoms with Gasteiger partial charge >= 0.3 is 5.00 Å². The van der Waals surface area contributed by atoms with Crippen LogP contribution in [0.4, 0.5) is 16.4 Å². The van der Waals surface area contributed by atoms with E-state index in [-0.39, 0.29) is 10.9 Å². The molecule has 0 saturated heterocycles. The average Bonchev–Trinajstić information content (AvgIpc) is 3.01. The van der Waals surface area contributed by atoms with Crippen LogP contribution < -0.4 is 10.6 Å². The molecule has 2 aromatic rings. The zero-order chi connectivity index (χ0) is 15.0. The Bertz CT molecular complexity index is 744. The number of nitrogens with one attached hydrogen (secondary N) is 2. The Morgan fingerprint density at radius 1 is 1.43 bits per heavy atom. The number of hydrogen-bond acceptors (Lipinski definition) is 5. The average molecular weight is 324 g/mol. The number of thiophene rings is 1. The smallest absolute Gasteiger partial charge is 0.324 e. The normalized spacial score (nSPS) is 12.9. The Kier molecular flexibility index (Phi) is 3.52. The van der Waals surface area contributed by atoms with Crippen molar-refractivity contribution in [2.45, 2.75) is 13.0 Å². The summed E-state index contributed by atoms with van der Waals surface area (Å²) >= 11 is 7.28. The van der Waals surface area contributed by atoms with Crippen molar-refractivity contribution < 1.29 is 9.72 Å². The summed E-state index contributed by atoms with van der Waals surface area (Å²) in [6.07, 6.45) is 0.339. The van der Waals surface area contributed by atoms with Crippen molar-refractivity contribution in [1.29, 1.82) is 0 Å². The summed E-state index contributed by atoms with van der Waals surface area (Å²) in [6.45, 7) is 0.443. The number of hydrogen-bond donors (Lipinski definition) is 2. The Labute approximate surface area is 128 Å². The van der Waals surface area contributed by atoms with E-state index in [4.69, 9.17) is 11.6 Å². The summed E-state index contributed by atoms with van der Waals surface area (Å²) in [5.41, 5.74) is 2.34. The molecule has 21 heavy (non-hydrogen) atoms. The number of benzene rings is 1. The quantitative estimate of drug-likeness (QED) is 0.667. The first-order chi connectivity index (χ1) is 10.0. The fourth-order valence-electron chi connectivity index (χ4n) is 2.13. The highest BCUT2D eigenvalue weighted by atomic mass is 35.5.